The molecule has 1 saturated heterocycles. The molecule has 0 radical (unpaired) electrons. The van der Waals surface area contributed by atoms with E-state index in [1.165, 1.54) is 38.9 Å². The first kappa shape index (κ1) is 42.9. The maximum atomic E-state index is 13.5. The van der Waals surface area contributed by atoms with Crippen LogP contribution >= 0.6 is 11.3 Å². The summed E-state index contributed by atoms with van der Waals surface area (Å²) in [5, 5.41) is 9.43. The van der Waals surface area contributed by atoms with E-state index in [4.69, 9.17) is 9.72 Å². The van der Waals surface area contributed by atoms with Crippen molar-refractivity contribution in [2.45, 2.75) is 101 Å². The van der Waals surface area contributed by atoms with Gasteiger partial charge in [0.25, 0.3) is 17.7 Å². The van der Waals surface area contributed by atoms with Crippen LogP contribution in [-0.2, 0) is 15.8 Å². The van der Waals surface area contributed by atoms with Crippen molar-refractivity contribution in [3.05, 3.63) is 76.1 Å². The number of ether oxygens (including phenoxy) is 1. The van der Waals surface area contributed by atoms with E-state index >= 15 is 0 Å². The number of carbonyl (C=O) groups is 5. The van der Waals surface area contributed by atoms with Crippen LogP contribution in [0.15, 0.2) is 48.5 Å². The molecule has 17 heteroatoms. The summed E-state index contributed by atoms with van der Waals surface area (Å²) in [5.74, 6) is -0.999. The Morgan fingerprint density at radius 2 is 1.68 bits per heavy atom. The Balaban J connectivity index is 0.727. The standard InChI is InChI=1S/C46H50F3N7O6S/c1-55(24-25-9-11-27(12-10-25)42-53-33-19-35(62-2)32(20-36(33)63-42)52-40(58)31-7-4-8-37(51-31)46(47,48)49)28-15-17-45(18-16-28)21-26(22-45)23-50-30-6-3-5-29-39(30)44(61)56(43(29)60)34-13-14-38(57)54-41(34)59/h3-8,19-20,25-28,34,50H,9-18,21-24H2,1-2H3,(H,52,58)(H,54,57,59). The van der Waals surface area contributed by atoms with E-state index in [0.717, 1.165) is 77.3 Å². The van der Waals surface area contributed by atoms with Gasteiger partial charge in [-0.25, -0.2) is 9.97 Å². The Labute approximate surface area is 366 Å². The van der Waals surface area contributed by atoms with Crippen LogP contribution in [0.4, 0.5) is 24.5 Å². The van der Waals surface area contributed by atoms with Crippen molar-refractivity contribution in [1.82, 2.24) is 25.1 Å². The summed E-state index contributed by atoms with van der Waals surface area (Å²) in [7, 11) is 3.74. The topological polar surface area (TPSA) is 163 Å². The van der Waals surface area contributed by atoms with E-state index in [2.05, 4.69) is 32.9 Å². The van der Waals surface area contributed by atoms with Crippen molar-refractivity contribution in [2.75, 3.05) is 37.9 Å². The molecule has 5 aliphatic rings. The second-order valence-corrected chi connectivity index (χ2v) is 19.2. The number of alkyl halides is 3. The van der Waals surface area contributed by atoms with Gasteiger partial charge in [-0.05, 0) is 125 Å². The number of nitrogens with zero attached hydrogens (tertiary/aromatic N) is 4. The molecule has 4 heterocycles. The lowest BCUT2D eigenvalue weighted by molar-refractivity contribution is -0.141. The third-order valence-corrected chi connectivity index (χ3v) is 15.3. The predicted molar refractivity (Wildman–Crippen MR) is 230 cm³/mol. The maximum absolute atomic E-state index is 13.5. The number of anilines is 2. The highest BCUT2D eigenvalue weighted by atomic mass is 32.1. The lowest BCUT2D eigenvalue weighted by Crippen LogP contribution is -2.54. The number of imide groups is 2. The van der Waals surface area contributed by atoms with Crippen LogP contribution in [0.5, 0.6) is 5.75 Å². The molecule has 2 aliphatic heterocycles. The summed E-state index contributed by atoms with van der Waals surface area (Å²) in [5.41, 5.74) is 1.17. The number of aromatic nitrogens is 2. The smallest absolute Gasteiger partial charge is 0.433 e. The van der Waals surface area contributed by atoms with Crippen molar-refractivity contribution in [2.24, 2.45) is 17.3 Å². The number of rotatable bonds is 11. The molecule has 1 unspecified atom stereocenters. The summed E-state index contributed by atoms with van der Waals surface area (Å²) < 4.78 is 46.0. The van der Waals surface area contributed by atoms with Gasteiger partial charge in [0.05, 0.1) is 39.1 Å². The second kappa shape index (κ2) is 16.9. The van der Waals surface area contributed by atoms with Gasteiger partial charge < -0.3 is 20.3 Å². The van der Waals surface area contributed by atoms with E-state index < -0.39 is 47.4 Å². The number of benzene rings is 2. The largest absolute Gasteiger partial charge is 0.494 e. The van der Waals surface area contributed by atoms with E-state index in [-0.39, 0.29) is 24.1 Å². The van der Waals surface area contributed by atoms with Crippen LogP contribution in [0.25, 0.3) is 10.2 Å². The van der Waals surface area contributed by atoms with Crippen LogP contribution in [-0.4, -0.2) is 88.6 Å². The zero-order chi connectivity index (χ0) is 44.2. The molecule has 3 N–H and O–H groups in total. The number of hydrogen-bond acceptors (Lipinski definition) is 11. The maximum Gasteiger partial charge on any atom is 0.433 e. The Morgan fingerprint density at radius 1 is 0.937 bits per heavy atom. The van der Waals surface area contributed by atoms with Gasteiger partial charge in [0.1, 0.15) is 23.2 Å². The number of piperidine rings is 1. The van der Waals surface area contributed by atoms with Crippen LogP contribution in [0, 0.1) is 17.3 Å². The highest BCUT2D eigenvalue weighted by Crippen LogP contribution is 2.55. The normalized spacial score (nSPS) is 26.2. The lowest BCUT2D eigenvalue weighted by Gasteiger charge is -2.53. The third-order valence-electron chi connectivity index (χ3n) is 14.1. The molecule has 3 aliphatic carbocycles. The van der Waals surface area contributed by atoms with E-state index in [9.17, 15) is 37.1 Å². The number of methoxy groups -OCH3 is 1. The number of carbonyl (C=O) groups excluding carboxylic acids is 5. The van der Waals surface area contributed by atoms with Gasteiger partial charge in [0.2, 0.25) is 11.8 Å². The van der Waals surface area contributed by atoms with E-state index in [1.54, 1.807) is 35.6 Å². The highest BCUT2D eigenvalue weighted by Gasteiger charge is 2.48. The van der Waals surface area contributed by atoms with Gasteiger partial charge in [0, 0.05) is 43.2 Å². The van der Waals surface area contributed by atoms with Crippen molar-refractivity contribution < 1.29 is 41.9 Å². The van der Waals surface area contributed by atoms with Crippen LogP contribution in [0.3, 0.4) is 0 Å². The second-order valence-electron chi connectivity index (χ2n) is 18.2. The summed E-state index contributed by atoms with van der Waals surface area (Å²) in [6.07, 6.45) is 6.89. The Hall–Kier alpha value is -5.42. The number of amides is 5. The monoisotopic (exact) mass is 885 g/mol. The van der Waals surface area contributed by atoms with Gasteiger partial charge >= 0.3 is 6.18 Å². The molecule has 4 fully saturated rings. The minimum atomic E-state index is -4.66. The van der Waals surface area contributed by atoms with Crippen molar-refractivity contribution in [3.8, 4) is 5.75 Å². The lowest BCUT2D eigenvalue weighted by atomic mass is 9.55. The molecule has 1 spiro atoms. The number of fused-ring (bicyclic) bond motifs is 2. The number of thiazole rings is 1. The van der Waals surface area contributed by atoms with Gasteiger partial charge in [0.15, 0.2) is 0 Å². The first-order chi connectivity index (χ1) is 30.2. The van der Waals surface area contributed by atoms with E-state index in [1.807, 2.05) is 6.07 Å². The van der Waals surface area contributed by atoms with Crippen LogP contribution < -0.4 is 20.7 Å². The number of pyridine rings is 1. The molecule has 63 heavy (non-hydrogen) atoms. The number of halogens is 3. The molecular formula is C46H50F3N7O6S. The third kappa shape index (κ3) is 8.53. The van der Waals surface area contributed by atoms with Crippen molar-refractivity contribution in [1.29, 1.82) is 0 Å². The van der Waals surface area contributed by atoms with Gasteiger partial charge in [-0.1, -0.05) is 12.1 Å². The average molecular weight is 886 g/mol. The SMILES string of the molecule is COc1cc2nc(C3CCC(CN(C)C4CCC5(CC4)CC(CNc4cccc6c4C(=O)N(C4CCC(=O)NC4=O)C6=O)C5)CC3)sc2cc1NC(=O)c1cccc(C(F)(F)F)n1. The summed E-state index contributed by atoms with van der Waals surface area (Å²) in [6.45, 7) is 1.78. The number of hydrogen-bond donors (Lipinski definition) is 3. The molecule has 0 bridgehead atoms. The fraction of sp³-hybridized carbons (Fsp3) is 0.500. The average Bonchev–Trinajstić information content (AvgIpc) is 3.79. The first-order valence-electron chi connectivity index (χ1n) is 21.8. The van der Waals surface area contributed by atoms with Crippen LogP contribution in [0.2, 0.25) is 0 Å². The first-order valence-corrected chi connectivity index (χ1v) is 22.6. The van der Waals surface area contributed by atoms with Gasteiger partial charge in [-0.15, -0.1) is 11.3 Å². The fourth-order valence-corrected chi connectivity index (χ4v) is 11.9. The van der Waals surface area contributed by atoms with Crippen molar-refractivity contribution in [3.63, 3.8) is 0 Å². The molecular weight excluding hydrogens is 836 g/mol. The summed E-state index contributed by atoms with van der Waals surface area (Å²) in [4.78, 5) is 75.9. The van der Waals surface area contributed by atoms with Crippen LogP contribution in [0.1, 0.15) is 125 Å². The molecule has 9 rings (SSSR count). The minimum Gasteiger partial charge on any atom is -0.494 e. The number of nitrogens with one attached hydrogen (secondary N) is 3. The Kier molecular flexibility index (Phi) is 11.5. The molecule has 1 atom stereocenters. The van der Waals surface area contributed by atoms with E-state index in [0.29, 0.717) is 58.4 Å². The Bertz CT molecular complexity index is 2470. The molecule has 13 nitrogen and oxygen atoms in total. The molecule has 332 valence electrons. The molecule has 5 amide bonds. The van der Waals surface area contributed by atoms with Crippen molar-refractivity contribution >= 4 is 62.5 Å². The summed E-state index contributed by atoms with van der Waals surface area (Å²) in [6, 6.07) is 11.5. The Morgan fingerprint density at radius 3 is 2.40 bits per heavy atom. The highest BCUT2D eigenvalue weighted by molar-refractivity contribution is 7.18. The molecule has 3 saturated carbocycles. The molecule has 2 aromatic carbocycles. The summed E-state index contributed by atoms with van der Waals surface area (Å²) >= 11 is 1.58. The van der Waals surface area contributed by atoms with Gasteiger partial charge in [-0.2, -0.15) is 13.2 Å². The quantitative estimate of drug-likeness (QED) is 0.126. The zero-order valence-corrected chi connectivity index (χ0v) is 36.0. The van der Waals surface area contributed by atoms with Gasteiger partial charge in [-0.3, -0.25) is 34.2 Å². The molecule has 2 aromatic heterocycles. The minimum absolute atomic E-state index is 0.0821. The predicted octanol–water partition coefficient (Wildman–Crippen LogP) is 8.03. The zero-order valence-electron chi connectivity index (χ0n) is 35.2. The molecule has 4 aromatic rings. The fourth-order valence-electron chi connectivity index (χ4n) is 10.8.